The van der Waals surface area contributed by atoms with Gasteiger partial charge in [0.1, 0.15) is 0 Å². The molecular weight excluding hydrogens is 302 g/mol. The number of nitrogens with one attached hydrogen (secondary N) is 1. The van der Waals surface area contributed by atoms with E-state index in [1.807, 2.05) is 0 Å². The number of benzene rings is 1. The number of likely N-dealkylation sites (N-methyl/N-ethyl adjacent to an activating group) is 1. The molecule has 106 valence electrons. The Hall–Kier alpha value is -0.420. The molecule has 4 heteroatoms. The molecule has 0 radical (unpaired) electrons. The van der Waals surface area contributed by atoms with Crippen molar-refractivity contribution in [1.29, 1.82) is 0 Å². The smallest absolute Gasteiger partial charge is 0.0231 e. The van der Waals surface area contributed by atoms with Gasteiger partial charge in [0.2, 0.25) is 0 Å². The van der Waals surface area contributed by atoms with Crippen molar-refractivity contribution in [1.82, 2.24) is 15.1 Å². The van der Waals surface area contributed by atoms with Crippen LogP contribution >= 0.6 is 15.9 Å². The van der Waals surface area contributed by atoms with Gasteiger partial charge in [-0.1, -0.05) is 28.1 Å². The molecule has 2 rings (SSSR count). The van der Waals surface area contributed by atoms with Crippen molar-refractivity contribution in [2.24, 2.45) is 0 Å². The zero-order valence-electron chi connectivity index (χ0n) is 11.9. The van der Waals surface area contributed by atoms with E-state index in [4.69, 9.17) is 0 Å². The fourth-order valence-corrected chi connectivity index (χ4v) is 3.03. The zero-order chi connectivity index (χ0) is 13.7. The monoisotopic (exact) mass is 325 g/mol. The molecule has 1 aromatic carbocycles. The highest BCUT2D eigenvalue weighted by atomic mass is 79.9. The normalized spacial score (nSPS) is 20.9. The van der Waals surface area contributed by atoms with E-state index in [0.29, 0.717) is 6.04 Å². The van der Waals surface area contributed by atoms with Gasteiger partial charge in [-0.2, -0.15) is 0 Å². The predicted octanol–water partition coefficient (Wildman–Crippen LogP) is 2.17. The van der Waals surface area contributed by atoms with E-state index in [-0.39, 0.29) is 0 Å². The van der Waals surface area contributed by atoms with Gasteiger partial charge in [0, 0.05) is 36.7 Å². The van der Waals surface area contributed by atoms with Crippen LogP contribution in [0.3, 0.4) is 0 Å². The molecule has 1 unspecified atom stereocenters. The van der Waals surface area contributed by atoms with Gasteiger partial charge in [-0.15, -0.1) is 0 Å². The first kappa shape index (κ1) is 15.0. The minimum atomic E-state index is 0.679. The Morgan fingerprint density at radius 1 is 1.47 bits per heavy atom. The minimum Gasteiger partial charge on any atom is -0.314 e. The Labute approximate surface area is 125 Å². The van der Waals surface area contributed by atoms with Crippen LogP contribution in [0.4, 0.5) is 0 Å². The summed E-state index contributed by atoms with van der Waals surface area (Å²) in [4.78, 5) is 4.88. The first-order valence-electron chi connectivity index (χ1n) is 6.99. The van der Waals surface area contributed by atoms with Crippen LogP contribution in [-0.4, -0.2) is 56.1 Å². The van der Waals surface area contributed by atoms with Gasteiger partial charge in [0.15, 0.2) is 0 Å². The number of hydrogen-bond donors (Lipinski definition) is 1. The fraction of sp³-hybridized carbons (Fsp3) is 0.600. The second-order valence-electron chi connectivity index (χ2n) is 5.49. The van der Waals surface area contributed by atoms with Crippen LogP contribution in [0, 0.1) is 0 Å². The van der Waals surface area contributed by atoms with Gasteiger partial charge in [0.05, 0.1) is 0 Å². The van der Waals surface area contributed by atoms with Gasteiger partial charge in [0.25, 0.3) is 0 Å². The van der Waals surface area contributed by atoms with Gasteiger partial charge in [-0.05, 0) is 44.8 Å². The molecular formula is C15H24BrN3. The summed E-state index contributed by atoms with van der Waals surface area (Å²) >= 11 is 3.53. The zero-order valence-corrected chi connectivity index (χ0v) is 13.5. The van der Waals surface area contributed by atoms with Crippen LogP contribution in [0.15, 0.2) is 28.7 Å². The summed E-state index contributed by atoms with van der Waals surface area (Å²) in [6.45, 7) is 5.58. The van der Waals surface area contributed by atoms with Crippen LogP contribution in [-0.2, 0) is 6.54 Å². The largest absolute Gasteiger partial charge is 0.314 e. The molecule has 1 fully saturated rings. The van der Waals surface area contributed by atoms with Crippen LogP contribution in [0.25, 0.3) is 0 Å². The third kappa shape index (κ3) is 4.88. The summed E-state index contributed by atoms with van der Waals surface area (Å²) in [5.74, 6) is 0. The van der Waals surface area contributed by atoms with Crippen LogP contribution in [0.1, 0.15) is 12.0 Å². The quantitative estimate of drug-likeness (QED) is 0.895. The molecule has 0 aliphatic carbocycles. The van der Waals surface area contributed by atoms with Gasteiger partial charge in [-0.25, -0.2) is 0 Å². The van der Waals surface area contributed by atoms with Gasteiger partial charge in [-0.3, -0.25) is 0 Å². The predicted molar refractivity (Wildman–Crippen MR) is 84.4 cm³/mol. The van der Waals surface area contributed by atoms with Crippen molar-refractivity contribution >= 4 is 15.9 Å². The van der Waals surface area contributed by atoms with Crippen molar-refractivity contribution in [3.63, 3.8) is 0 Å². The van der Waals surface area contributed by atoms with Crippen LogP contribution < -0.4 is 5.32 Å². The molecule has 0 saturated carbocycles. The molecule has 1 aliphatic rings. The highest BCUT2D eigenvalue weighted by molar-refractivity contribution is 9.10. The molecule has 1 saturated heterocycles. The van der Waals surface area contributed by atoms with E-state index >= 15 is 0 Å². The lowest BCUT2D eigenvalue weighted by Crippen LogP contribution is -2.50. The number of hydrogen-bond acceptors (Lipinski definition) is 3. The standard InChI is InChI=1S/C15H24BrN3/c1-18(12-13-4-3-5-14(16)10-13)8-6-15-11-17-7-9-19(15)2/h3-5,10,15,17H,6-9,11-12H2,1-2H3. The average molecular weight is 326 g/mol. The minimum absolute atomic E-state index is 0.679. The molecule has 0 amide bonds. The van der Waals surface area contributed by atoms with E-state index in [1.54, 1.807) is 0 Å². The Balaban J connectivity index is 1.76. The van der Waals surface area contributed by atoms with E-state index in [2.05, 4.69) is 69.4 Å². The summed E-state index contributed by atoms with van der Waals surface area (Å²) in [6, 6.07) is 9.25. The molecule has 0 bridgehead atoms. The van der Waals surface area contributed by atoms with Crippen LogP contribution in [0.2, 0.25) is 0 Å². The fourth-order valence-electron chi connectivity index (χ4n) is 2.58. The van der Waals surface area contributed by atoms with Crippen molar-refractivity contribution in [2.45, 2.75) is 19.0 Å². The highest BCUT2D eigenvalue weighted by Gasteiger charge is 2.18. The molecule has 1 heterocycles. The summed E-state index contributed by atoms with van der Waals surface area (Å²) in [6.07, 6.45) is 1.23. The SMILES string of the molecule is CN(CCC1CNCCN1C)Cc1cccc(Br)c1. The molecule has 0 spiro atoms. The highest BCUT2D eigenvalue weighted by Crippen LogP contribution is 2.13. The van der Waals surface area contributed by atoms with Crippen molar-refractivity contribution in [2.75, 3.05) is 40.3 Å². The number of rotatable bonds is 5. The first-order chi connectivity index (χ1) is 9.15. The van der Waals surface area contributed by atoms with Crippen LogP contribution in [0.5, 0.6) is 0 Å². The summed E-state index contributed by atoms with van der Waals surface area (Å²) in [5, 5.41) is 3.48. The maximum Gasteiger partial charge on any atom is 0.0231 e. The van der Waals surface area contributed by atoms with Crippen molar-refractivity contribution < 1.29 is 0 Å². The summed E-state index contributed by atoms with van der Waals surface area (Å²) in [7, 11) is 4.44. The number of nitrogens with zero attached hydrogens (tertiary/aromatic N) is 2. The molecule has 1 atom stereocenters. The number of piperazine rings is 1. The molecule has 3 nitrogen and oxygen atoms in total. The lowest BCUT2D eigenvalue weighted by atomic mass is 10.1. The maximum absolute atomic E-state index is 3.53. The number of halogens is 1. The molecule has 1 aliphatic heterocycles. The Kier molecular flexibility index (Phi) is 5.82. The van der Waals surface area contributed by atoms with Crippen molar-refractivity contribution in [3.05, 3.63) is 34.3 Å². The van der Waals surface area contributed by atoms with E-state index in [0.717, 1.165) is 30.7 Å². The van der Waals surface area contributed by atoms with E-state index in [1.165, 1.54) is 18.5 Å². The third-order valence-electron chi connectivity index (χ3n) is 3.83. The summed E-state index contributed by atoms with van der Waals surface area (Å²) < 4.78 is 1.16. The van der Waals surface area contributed by atoms with Gasteiger partial charge < -0.3 is 15.1 Å². The molecule has 1 aromatic rings. The molecule has 1 N–H and O–H groups in total. The Bertz CT molecular complexity index is 397. The molecule has 19 heavy (non-hydrogen) atoms. The third-order valence-corrected chi connectivity index (χ3v) is 4.32. The lowest BCUT2D eigenvalue weighted by Gasteiger charge is -2.34. The topological polar surface area (TPSA) is 18.5 Å². The second-order valence-corrected chi connectivity index (χ2v) is 6.41. The lowest BCUT2D eigenvalue weighted by molar-refractivity contribution is 0.171. The Morgan fingerprint density at radius 2 is 2.32 bits per heavy atom. The maximum atomic E-state index is 3.53. The average Bonchev–Trinajstić information content (AvgIpc) is 2.38. The van der Waals surface area contributed by atoms with Gasteiger partial charge >= 0.3 is 0 Å². The van der Waals surface area contributed by atoms with E-state index in [9.17, 15) is 0 Å². The second kappa shape index (κ2) is 7.39. The van der Waals surface area contributed by atoms with E-state index < -0.39 is 0 Å². The Morgan fingerprint density at radius 3 is 3.05 bits per heavy atom. The van der Waals surface area contributed by atoms with Crippen molar-refractivity contribution in [3.8, 4) is 0 Å². The molecule has 0 aromatic heterocycles. The first-order valence-corrected chi connectivity index (χ1v) is 7.78. The summed E-state index contributed by atoms with van der Waals surface area (Å²) in [5.41, 5.74) is 1.37.